The molecule has 0 spiro atoms. The second-order valence-corrected chi connectivity index (χ2v) is 8.18. The van der Waals surface area contributed by atoms with Crippen LogP contribution in [-0.4, -0.2) is 41.5 Å². The summed E-state index contributed by atoms with van der Waals surface area (Å²) in [5.41, 5.74) is 1.32. The molecular weight excluding hydrogens is 340 g/mol. The lowest BCUT2D eigenvalue weighted by Crippen LogP contribution is -2.39. The van der Waals surface area contributed by atoms with Crippen molar-refractivity contribution >= 4 is 17.5 Å². The van der Waals surface area contributed by atoms with Gasteiger partial charge in [0.25, 0.3) is 5.91 Å². The lowest BCUT2D eigenvalue weighted by atomic mass is 9.86. The molecule has 3 rings (SSSR count). The van der Waals surface area contributed by atoms with Crippen molar-refractivity contribution in [3.63, 3.8) is 0 Å². The maximum atomic E-state index is 12.9. The molecule has 2 amide bonds. The fraction of sp³-hybridized carbons (Fsp3) is 0.636. The van der Waals surface area contributed by atoms with E-state index < -0.39 is 0 Å². The van der Waals surface area contributed by atoms with Crippen LogP contribution in [0.4, 0.5) is 5.69 Å². The third-order valence-electron chi connectivity index (χ3n) is 6.30. The molecule has 0 radical (unpaired) electrons. The zero-order chi connectivity index (χ0) is 19.2. The number of nitrogens with one attached hydrogen (secondary N) is 1. The highest BCUT2D eigenvalue weighted by molar-refractivity contribution is 5.97. The first kappa shape index (κ1) is 19.9. The number of aliphatic hydroxyl groups is 1. The molecule has 0 unspecified atom stereocenters. The zero-order valence-corrected chi connectivity index (χ0v) is 16.3. The van der Waals surface area contributed by atoms with Crippen LogP contribution in [0.25, 0.3) is 0 Å². The Hall–Kier alpha value is -1.88. The van der Waals surface area contributed by atoms with Gasteiger partial charge in [-0.3, -0.25) is 9.59 Å². The molecule has 0 heterocycles. The van der Waals surface area contributed by atoms with Crippen LogP contribution in [0, 0.1) is 11.8 Å². The van der Waals surface area contributed by atoms with Gasteiger partial charge < -0.3 is 15.3 Å². The summed E-state index contributed by atoms with van der Waals surface area (Å²) in [6.45, 7) is 0.243. The van der Waals surface area contributed by atoms with E-state index in [1.807, 2.05) is 30.1 Å². The lowest BCUT2D eigenvalue weighted by Gasteiger charge is -2.34. The summed E-state index contributed by atoms with van der Waals surface area (Å²) in [6.07, 6.45) is 9.21. The average molecular weight is 373 g/mol. The monoisotopic (exact) mass is 372 g/mol. The van der Waals surface area contributed by atoms with Gasteiger partial charge in [-0.2, -0.15) is 0 Å². The largest absolute Gasteiger partial charge is 0.396 e. The fourth-order valence-corrected chi connectivity index (χ4v) is 4.42. The van der Waals surface area contributed by atoms with E-state index in [2.05, 4.69) is 5.32 Å². The van der Waals surface area contributed by atoms with Gasteiger partial charge in [0.1, 0.15) is 0 Å². The van der Waals surface area contributed by atoms with Crippen LogP contribution in [0.15, 0.2) is 24.3 Å². The van der Waals surface area contributed by atoms with Crippen LogP contribution in [0.2, 0.25) is 0 Å². The lowest BCUT2D eigenvalue weighted by molar-refractivity contribution is -0.120. The molecule has 0 atom stereocenters. The van der Waals surface area contributed by atoms with Crippen LogP contribution in [0.1, 0.15) is 68.1 Å². The van der Waals surface area contributed by atoms with Gasteiger partial charge in [0.2, 0.25) is 5.91 Å². The topological polar surface area (TPSA) is 69.6 Å². The van der Waals surface area contributed by atoms with Crippen molar-refractivity contribution in [2.24, 2.45) is 11.8 Å². The molecule has 1 aromatic carbocycles. The molecule has 2 aliphatic carbocycles. The molecule has 0 aliphatic heterocycles. The normalized spacial score (nSPS) is 23.6. The molecule has 0 saturated heterocycles. The SMILES string of the molecule is CN(C(=O)c1cccc(NC(=O)C2CCCCC2)c1)C1CCC(CO)CC1. The Kier molecular flexibility index (Phi) is 6.89. The van der Waals surface area contributed by atoms with Crippen molar-refractivity contribution in [2.45, 2.75) is 63.8 Å². The van der Waals surface area contributed by atoms with E-state index >= 15 is 0 Å². The van der Waals surface area contributed by atoms with Gasteiger partial charge in [0.15, 0.2) is 0 Å². The van der Waals surface area contributed by atoms with Crippen molar-refractivity contribution in [2.75, 3.05) is 19.0 Å². The molecule has 2 saturated carbocycles. The van der Waals surface area contributed by atoms with Crippen molar-refractivity contribution in [1.82, 2.24) is 4.90 Å². The maximum absolute atomic E-state index is 12.9. The summed E-state index contributed by atoms with van der Waals surface area (Å²) in [5.74, 6) is 0.553. The third-order valence-corrected chi connectivity index (χ3v) is 6.30. The number of benzene rings is 1. The first-order valence-electron chi connectivity index (χ1n) is 10.4. The minimum atomic E-state index is -0.00351. The Balaban J connectivity index is 1.60. The molecule has 5 nitrogen and oxygen atoms in total. The first-order valence-corrected chi connectivity index (χ1v) is 10.4. The van der Waals surface area contributed by atoms with Gasteiger partial charge in [-0.05, 0) is 62.6 Å². The van der Waals surface area contributed by atoms with Gasteiger partial charge in [-0.15, -0.1) is 0 Å². The number of rotatable bonds is 5. The van der Waals surface area contributed by atoms with Gasteiger partial charge in [0.05, 0.1) is 0 Å². The van der Waals surface area contributed by atoms with Crippen LogP contribution < -0.4 is 5.32 Å². The molecule has 27 heavy (non-hydrogen) atoms. The number of nitrogens with zero attached hydrogens (tertiary/aromatic N) is 1. The quantitative estimate of drug-likeness (QED) is 0.825. The summed E-state index contributed by atoms with van der Waals surface area (Å²) in [5, 5.41) is 12.3. The Morgan fingerprint density at radius 3 is 2.44 bits per heavy atom. The predicted molar refractivity (Wildman–Crippen MR) is 107 cm³/mol. The van der Waals surface area contributed by atoms with Crippen molar-refractivity contribution in [3.8, 4) is 0 Å². The van der Waals surface area contributed by atoms with Crippen molar-refractivity contribution < 1.29 is 14.7 Å². The number of carbonyl (C=O) groups is 2. The molecule has 1 aromatic rings. The highest BCUT2D eigenvalue weighted by Crippen LogP contribution is 2.28. The molecule has 0 bridgehead atoms. The Bertz CT molecular complexity index is 647. The molecule has 5 heteroatoms. The highest BCUT2D eigenvalue weighted by atomic mass is 16.3. The van der Waals surface area contributed by atoms with E-state index in [1.54, 1.807) is 6.07 Å². The van der Waals surface area contributed by atoms with Gasteiger partial charge in [0, 0.05) is 36.9 Å². The highest BCUT2D eigenvalue weighted by Gasteiger charge is 2.27. The van der Waals surface area contributed by atoms with Gasteiger partial charge in [-0.1, -0.05) is 25.3 Å². The molecule has 0 aromatic heterocycles. The summed E-state index contributed by atoms with van der Waals surface area (Å²) < 4.78 is 0. The molecule has 148 valence electrons. The second kappa shape index (κ2) is 9.36. The first-order chi connectivity index (χ1) is 13.1. The second-order valence-electron chi connectivity index (χ2n) is 8.18. The maximum Gasteiger partial charge on any atom is 0.253 e. The predicted octanol–water partition coefficient (Wildman–Crippen LogP) is 3.83. The van der Waals surface area contributed by atoms with Crippen LogP contribution in [-0.2, 0) is 4.79 Å². The Morgan fingerprint density at radius 1 is 1.07 bits per heavy atom. The van der Waals surface area contributed by atoms with Crippen molar-refractivity contribution in [3.05, 3.63) is 29.8 Å². The van der Waals surface area contributed by atoms with E-state index in [9.17, 15) is 14.7 Å². The number of amides is 2. The van der Waals surface area contributed by atoms with Crippen molar-refractivity contribution in [1.29, 1.82) is 0 Å². The van der Waals surface area contributed by atoms with E-state index in [4.69, 9.17) is 0 Å². The number of hydrogen-bond donors (Lipinski definition) is 2. The summed E-state index contributed by atoms with van der Waals surface area (Å²) in [7, 11) is 1.86. The number of anilines is 1. The summed E-state index contributed by atoms with van der Waals surface area (Å²) >= 11 is 0. The minimum Gasteiger partial charge on any atom is -0.396 e. The number of hydrogen-bond acceptors (Lipinski definition) is 3. The van der Waals surface area contributed by atoms with E-state index in [0.717, 1.165) is 51.4 Å². The molecule has 2 aliphatic rings. The third kappa shape index (κ3) is 5.10. The zero-order valence-electron chi connectivity index (χ0n) is 16.3. The van der Waals surface area contributed by atoms with Crippen LogP contribution in [0.5, 0.6) is 0 Å². The number of carbonyl (C=O) groups excluding carboxylic acids is 2. The molecule has 2 N–H and O–H groups in total. The molecule has 2 fully saturated rings. The van der Waals surface area contributed by atoms with E-state index in [0.29, 0.717) is 17.2 Å². The summed E-state index contributed by atoms with van der Waals surface area (Å²) in [4.78, 5) is 27.2. The smallest absolute Gasteiger partial charge is 0.253 e. The Morgan fingerprint density at radius 2 is 1.78 bits per heavy atom. The van der Waals surface area contributed by atoms with E-state index in [-0.39, 0.29) is 30.4 Å². The van der Waals surface area contributed by atoms with Gasteiger partial charge in [-0.25, -0.2) is 0 Å². The van der Waals surface area contributed by atoms with Gasteiger partial charge >= 0.3 is 0 Å². The van der Waals surface area contributed by atoms with Crippen LogP contribution in [0.3, 0.4) is 0 Å². The average Bonchev–Trinajstić information content (AvgIpc) is 2.73. The number of aliphatic hydroxyl groups excluding tert-OH is 1. The standard InChI is InChI=1S/C22H32N2O3/c1-24(20-12-10-16(15-25)11-13-20)22(27)18-8-5-9-19(14-18)23-21(26)17-6-3-2-4-7-17/h5,8-9,14,16-17,20,25H,2-4,6-7,10-13,15H2,1H3,(H,23,26). The summed E-state index contributed by atoms with van der Waals surface area (Å²) in [6, 6.07) is 7.51. The Labute approximate surface area is 162 Å². The van der Waals surface area contributed by atoms with Crippen LogP contribution >= 0.6 is 0 Å². The molecular formula is C22H32N2O3. The minimum absolute atomic E-state index is 0.00351. The fourth-order valence-electron chi connectivity index (χ4n) is 4.42. The van der Waals surface area contributed by atoms with E-state index in [1.165, 1.54) is 6.42 Å².